The van der Waals surface area contributed by atoms with E-state index in [9.17, 15) is 4.79 Å². The van der Waals surface area contributed by atoms with E-state index in [0.29, 0.717) is 30.4 Å². The fourth-order valence-corrected chi connectivity index (χ4v) is 2.26. The molecule has 0 saturated carbocycles. The molecule has 3 N–H and O–H groups in total. The van der Waals surface area contributed by atoms with E-state index in [1.165, 1.54) is 0 Å². The first-order chi connectivity index (χ1) is 9.56. The van der Waals surface area contributed by atoms with Crippen LogP contribution in [0, 0.1) is 0 Å². The Morgan fingerprint density at radius 1 is 1.60 bits per heavy atom. The van der Waals surface area contributed by atoms with Gasteiger partial charge in [0.15, 0.2) is 0 Å². The number of nitrogens with zero attached hydrogens (tertiary/aromatic N) is 1. The number of hydrogen-bond acceptors (Lipinski definition) is 4. The highest BCUT2D eigenvalue weighted by Crippen LogP contribution is 2.11. The molecule has 1 atom stereocenters. The Balaban J connectivity index is 1.94. The summed E-state index contributed by atoms with van der Waals surface area (Å²) in [5.41, 5.74) is 7.03. The zero-order valence-electron chi connectivity index (χ0n) is 11.5. The first-order valence-electron chi connectivity index (χ1n) is 6.58. The molecule has 2 rings (SSSR count). The molecule has 0 bridgehead atoms. The lowest BCUT2D eigenvalue weighted by Gasteiger charge is -2.32. The number of ether oxygens (including phenoxy) is 1. The first kappa shape index (κ1) is 14.9. The van der Waals surface area contributed by atoms with Crippen molar-refractivity contribution in [2.75, 3.05) is 31.6 Å². The van der Waals surface area contributed by atoms with Gasteiger partial charge in [-0.3, -0.25) is 9.69 Å². The predicted octanol–water partition coefficient (Wildman–Crippen LogP) is 0.980. The number of anilines is 1. The molecular formula is C14H19N3O2S. The minimum Gasteiger partial charge on any atom is -0.389 e. The van der Waals surface area contributed by atoms with Crippen LogP contribution in [0.3, 0.4) is 0 Å². The second kappa shape index (κ2) is 6.78. The van der Waals surface area contributed by atoms with E-state index >= 15 is 0 Å². The number of carbonyl (C=O) groups is 1. The Morgan fingerprint density at radius 2 is 2.40 bits per heavy atom. The van der Waals surface area contributed by atoms with Crippen LogP contribution >= 0.6 is 12.2 Å². The van der Waals surface area contributed by atoms with Gasteiger partial charge in [0.2, 0.25) is 5.91 Å². The van der Waals surface area contributed by atoms with E-state index in [2.05, 4.69) is 17.1 Å². The number of hydrogen-bond donors (Lipinski definition) is 2. The van der Waals surface area contributed by atoms with Gasteiger partial charge in [-0.25, -0.2) is 0 Å². The number of thiocarbonyl (C=S) groups is 1. The number of rotatable bonds is 4. The zero-order chi connectivity index (χ0) is 14.5. The second-order valence-electron chi connectivity index (χ2n) is 4.89. The molecule has 0 radical (unpaired) electrons. The minimum absolute atomic E-state index is 0.0427. The average Bonchev–Trinajstić information content (AvgIpc) is 2.41. The maximum atomic E-state index is 12.0. The second-order valence-corrected chi connectivity index (χ2v) is 5.33. The Morgan fingerprint density at radius 3 is 3.10 bits per heavy atom. The average molecular weight is 293 g/mol. The van der Waals surface area contributed by atoms with Gasteiger partial charge in [-0.2, -0.15) is 0 Å². The number of benzene rings is 1. The Bertz CT molecular complexity index is 507. The maximum absolute atomic E-state index is 12.0. The highest BCUT2D eigenvalue weighted by Gasteiger charge is 2.20. The molecule has 1 aromatic carbocycles. The zero-order valence-corrected chi connectivity index (χ0v) is 12.3. The summed E-state index contributed by atoms with van der Waals surface area (Å²) in [6.45, 7) is 4.54. The van der Waals surface area contributed by atoms with Crippen molar-refractivity contribution in [2.24, 2.45) is 5.73 Å². The molecule has 1 aliphatic rings. The van der Waals surface area contributed by atoms with Gasteiger partial charge in [0.1, 0.15) is 4.99 Å². The smallest absolute Gasteiger partial charge is 0.238 e. The summed E-state index contributed by atoms with van der Waals surface area (Å²) >= 11 is 4.92. The van der Waals surface area contributed by atoms with Gasteiger partial charge in [0, 0.05) is 23.8 Å². The van der Waals surface area contributed by atoms with Gasteiger partial charge in [-0.1, -0.05) is 24.4 Å². The van der Waals surface area contributed by atoms with Crippen LogP contribution in [0.2, 0.25) is 0 Å². The summed E-state index contributed by atoms with van der Waals surface area (Å²) in [6, 6.07) is 7.51. The van der Waals surface area contributed by atoms with Crippen LogP contribution in [0.1, 0.15) is 12.5 Å². The van der Waals surface area contributed by atoms with Crippen LogP contribution in [0.4, 0.5) is 5.69 Å². The Hall–Kier alpha value is -1.50. The third-order valence-corrected chi connectivity index (χ3v) is 3.52. The molecule has 5 nitrogen and oxygen atoms in total. The van der Waals surface area contributed by atoms with Crippen molar-refractivity contribution in [1.29, 1.82) is 0 Å². The van der Waals surface area contributed by atoms with E-state index in [1.54, 1.807) is 6.07 Å². The van der Waals surface area contributed by atoms with E-state index in [-0.39, 0.29) is 11.9 Å². The largest absolute Gasteiger partial charge is 0.389 e. The number of morpholine rings is 1. The third kappa shape index (κ3) is 4.00. The number of carbonyl (C=O) groups excluding carboxylic acids is 1. The SMILES string of the molecule is CC1COCCN1CC(=O)Nc1cccc(C(N)=S)c1. The van der Waals surface area contributed by atoms with Crippen molar-refractivity contribution in [3.05, 3.63) is 29.8 Å². The van der Waals surface area contributed by atoms with Crippen molar-refractivity contribution < 1.29 is 9.53 Å². The number of amides is 1. The van der Waals surface area contributed by atoms with Crippen LogP contribution in [0.25, 0.3) is 0 Å². The molecule has 6 heteroatoms. The Labute approximate surface area is 124 Å². The van der Waals surface area contributed by atoms with Gasteiger partial charge >= 0.3 is 0 Å². The molecule has 1 aromatic rings. The molecule has 1 fully saturated rings. The fourth-order valence-electron chi connectivity index (χ4n) is 2.13. The van der Waals surface area contributed by atoms with E-state index in [0.717, 1.165) is 12.1 Å². The molecule has 1 unspecified atom stereocenters. The van der Waals surface area contributed by atoms with Gasteiger partial charge in [0.25, 0.3) is 0 Å². The van der Waals surface area contributed by atoms with Crippen molar-refractivity contribution >= 4 is 28.8 Å². The van der Waals surface area contributed by atoms with Crippen molar-refractivity contribution in [3.8, 4) is 0 Å². The highest BCUT2D eigenvalue weighted by molar-refractivity contribution is 7.80. The predicted molar refractivity (Wildman–Crippen MR) is 82.8 cm³/mol. The van der Waals surface area contributed by atoms with Crippen LogP contribution in [-0.2, 0) is 9.53 Å². The summed E-state index contributed by atoms with van der Waals surface area (Å²) in [4.78, 5) is 14.5. The lowest BCUT2D eigenvalue weighted by molar-refractivity contribution is -0.119. The number of nitrogens with one attached hydrogen (secondary N) is 1. The summed E-state index contributed by atoms with van der Waals surface area (Å²) in [5.74, 6) is -0.0427. The normalized spacial score (nSPS) is 19.6. The van der Waals surface area contributed by atoms with E-state index in [1.807, 2.05) is 18.2 Å². The van der Waals surface area contributed by atoms with Crippen LogP contribution in [0.5, 0.6) is 0 Å². The van der Waals surface area contributed by atoms with Crippen molar-refractivity contribution in [2.45, 2.75) is 13.0 Å². The molecular weight excluding hydrogens is 274 g/mol. The highest BCUT2D eigenvalue weighted by atomic mass is 32.1. The van der Waals surface area contributed by atoms with E-state index in [4.69, 9.17) is 22.7 Å². The molecule has 0 spiro atoms. The summed E-state index contributed by atoms with van der Waals surface area (Å²) < 4.78 is 5.35. The van der Waals surface area contributed by atoms with Gasteiger partial charge < -0.3 is 15.8 Å². The van der Waals surface area contributed by atoms with Crippen LogP contribution in [-0.4, -0.2) is 48.1 Å². The van der Waals surface area contributed by atoms with E-state index < -0.39 is 0 Å². The van der Waals surface area contributed by atoms with Crippen LogP contribution in [0.15, 0.2) is 24.3 Å². The number of nitrogens with two attached hydrogens (primary N) is 1. The summed E-state index contributed by atoms with van der Waals surface area (Å²) in [5, 5.41) is 2.87. The molecule has 1 aliphatic heterocycles. The standard InChI is InChI=1S/C14H19N3O2S/c1-10-9-19-6-5-17(10)8-13(18)16-12-4-2-3-11(7-12)14(15)20/h2-4,7,10H,5-6,8-9H2,1H3,(H2,15,20)(H,16,18). The molecule has 1 heterocycles. The maximum Gasteiger partial charge on any atom is 0.238 e. The topological polar surface area (TPSA) is 67.6 Å². The van der Waals surface area contributed by atoms with Crippen molar-refractivity contribution in [1.82, 2.24) is 4.90 Å². The van der Waals surface area contributed by atoms with Gasteiger partial charge in [-0.15, -0.1) is 0 Å². The fraction of sp³-hybridized carbons (Fsp3) is 0.429. The first-order valence-corrected chi connectivity index (χ1v) is 6.98. The lowest BCUT2D eigenvalue weighted by Crippen LogP contribution is -2.47. The molecule has 0 aliphatic carbocycles. The summed E-state index contributed by atoms with van der Waals surface area (Å²) in [7, 11) is 0. The van der Waals surface area contributed by atoms with Crippen LogP contribution < -0.4 is 11.1 Å². The quantitative estimate of drug-likeness (QED) is 0.810. The Kier molecular flexibility index (Phi) is 5.05. The molecule has 1 saturated heterocycles. The third-order valence-electron chi connectivity index (χ3n) is 3.28. The minimum atomic E-state index is -0.0427. The molecule has 108 valence electrons. The van der Waals surface area contributed by atoms with Crippen molar-refractivity contribution in [3.63, 3.8) is 0 Å². The molecule has 1 amide bonds. The molecule has 0 aromatic heterocycles. The molecule has 20 heavy (non-hydrogen) atoms. The summed E-state index contributed by atoms with van der Waals surface area (Å²) in [6.07, 6.45) is 0. The lowest BCUT2D eigenvalue weighted by atomic mass is 10.2. The van der Waals surface area contributed by atoms with Gasteiger partial charge in [0.05, 0.1) is 19.8 Å². The monoisotopic (exact) mass is 293 g/mol. The van der Waals surface area contributed by atoms with Gasteiger partial charge in [-0.05, 0) is 19.1 Å².